The van der Waals surface area contributed by atoms with Crippen molar-refractivity contribution < 1.29 is 14.4 Å². The summed E-state index contributed by atoms with van der Waals surface area (Å²) in [6, 6.07) is 15.6. The van der Waals surface area contributed by atoms with Gasteiger partial charge in [0.05, 0.1) is 6.54 Å². The second-order valence-electron chi connectivity index (χ2n) is 7.15. The molecule has 1 fully saturated rings. The highest BCUT2D eigenvalue weighted by atomic mass is 16.2. The Morgan fingerprint density at radius 2 is 1.93 bits per heavy atom. The molecule has 1 aliphatic rings. The number of nitrogens with one attached hydrogen (secondary N) is 2. The van der Waals surface area contributed by atoms with Crippen molar-refractivity contribution in [1.29, 1.82) is 0 Å². The van der Waals surface area contributed by atoms with Gasteiger partial charge < -0.3 is 10.6 Å². The Balaban J connectivity index is 1.43. The topological polar surface area (TPSA) is 109 Å². The van der Waals surface area contributed by atoms with E-state index in [9.17, 15) is 14.4 Å². The number of carbonyl (C=O) groups excluding carboxylic acids is 3. The van der Waals surface area contributed by atoms with E-state index < -0.39 is 23.4 Å². The zero-order valence-corrected chi connectivity index (χ0v) is 16.3. The second kappa shape index (κ2) is 7.78. The zero-order valence-electron chi connectivity index (χ0n) is 16.3. The summed E-state index contributed by atoms with van der Waals surface area (Å²) in [6.45, 7) is 1.76. The summed E-state index contributed by atoms with van der Waals surface area (Å²) in [5, 5.41) is 9.49. The molecule has 4 amide bonds. The van der Waals surface area contributed by atoms with E-state index in [1.54, 1.807) is 54.3 Å². The molecule has 1 unspecified atom stereocenters. The van der Waals surface area contributed by atoms with E-state index in [1.165, 1.54) is 6.33 Å². The molecular formula is C21H20N6O3. The molecule has 2 heterocycles. The molecule has 2 N–H and O–H groups in total. The predicted molar refractivity (Wildman–Crippen MR) is 108 cm³/mol. The van der Waals surface area contributed by atoms with Crippen LogP contribution in [0, 0.1) is 0 Å². The first-order valence-corrected chi connectivity index (χ1v) is 9.36. The summed E-state index contributed by atoms with van der Waals surface area (Å²) in [5.41, 5.74) is 0.948. The third-order valence-corrected chi connectivity index (χ3v) is 4.95. The lowest BCUT2D eigenvalue weighted by molar-refractivity contribution is -0.133. The lowest BCUT2D eigenvalue weighted by Gasteiger charge is -2.22. The van der Waals surface area contributed by atoms with Crippen LogP contribution in [0.1, 0.15) is 18.1 Å². The molecule has 4 rings (SSSR count). The van der Waals surface area contributed by atoms with Crippen molar-refractivity contribution in [3.63, 3.8) is 0 Å². The van der Waals surface area contributed by atoms with Crippen LogP contribution < -0.4 is 10.6 Å². The van der Waals surface area contributed by atoms with Crippen LogP contribution in [0.3, 0.4) is 0 Å². The van der Waals surface area contributed by atoms with E-state index in [2.05, 4.69) is 20.7 Å². The smallest absolute Gasteiger partial charge is 0.325 e. The maximum atomic E-state index is 12.9. The molecule has 1 aromatic heterocycles. The van der Waals surface area contributed by atoms with Crippen LogP contribution in [-0.2, 0) is 21.7 Å². The average molecular weight is 404 g/mol. The number of urea groups is 1. The third kappa shape index (κ3) is 3.77. The van der Waals surface area contributed by atoms with Gasteiger partial charge in [0.1, 0.15) is 24.7 Å². The maximum absolute atomic E-state index is 12.9. The standard InChI is InChI=1S/C21H20N6O3/c1-21(16-7-3-2-4-8-16)19(29)27(20(30)25-21)12-18(28)24-17-9-5-6-15(10-17)11-26-14-22-13-23-26/h2-10,13-14H,11-12H2,1H3,(H,24,28)(H,25,30). The molecule has 0 aliphatic carbocycles. The van der Waals surface area contributed by atoms with E-state index in [1.807, 2.05) is 18.2 Å². The number of anilines is 1. The molecule has 0 bridgehead atoms. The Morgan fingerprint density at radius 3 is 2.67 bits per heavy atom. The Labute approximate surface area is 172 Å². The Morgan fingerprint density at radius 1 is 1.13 bits per heavy atom. The minimum absolute atomic E-state index is 0.375. The number of hydrogen-bond acceptors (Lipinski definition) is 5. The van der Waals surface area contributed by atoms with Gasteiger partial charge in [-0.25, -0.2) is 14.5 Å². The number of nitrogens with zero attached hydrogens (tertiary/aromatic N) is 4. The molecule has 0 saturated carbocycles. The van der Waals surface area contributed by atoms with Gasteiger partial charge in [0.15, 0.2) is 0 Å². The zero-order chi connectivity index (χ0) is 21.1. The van der Waals surface area contributed by atoms with E-state index in [-0.39, 0.29) is 6.54 Å². The highest BCUT2D eigenvalue weighted by Crippen LogP contribution is 2.28. The highest BCUT2D eigenvalue weighted by Gasteiger charge is 2.49. The van der Waals surface area contributed by atoms with Crippen molar-refractivity contribution in [2.45, 2.75) is 19.0 Å². The number of benzene rings is 2. The van der Waals surface area contributed by atoms with Crippen molar-refractivity contribution >= 4 is 23.5 Å². The summed E-state index contributed by atoms with van der Waals surface area (Å²) < 4.78 is 1.67. The van der Waals surface area contributed by atoms with Crippen LogP contribution in [0.15, 0.2) is 67.3 Å². The Hall–Kier alpha value is -4.01. The van der Waals surface area contributed by atoms with Gasteiger partial charge in [-0.15, -0.1) is 0 Å². The van der Waals surface area contributed by atoms with Crippen molar-refractivity contribution in [3.05, 3.63) is 78.4 Å². The fourth-order valence-electron chi connectivity index (χ4n) is 3.40. The fourth-order valence-corrected chi connectivity index (χ4v) is 3.40. The number of imide groups is 1. The molecule has 1 aliphatic heterocycles. The van der Waals surface area contributed by atoms with Gasteiger partial charge >= 0.3 is 6.03 Å². The minimum atomic E-state index is -1.20. The molecule has 30 heavy (non-hydrogen) atoms. The van der Waals surface area contributed by atoms with Crippen LogP contribution in [0.5, 0.6) is 0 Å². The second-order valence-corrected chi connectivity index (χ2v) is 7.15. The van der Waals surface area contributed by atoms with Gasteiger partial charge in [-0.2, -0.15) is 5.10 Å². The first-order chi connectivity index (χ1) is 14.5. The largest absolute Gasteiger partial charge is 0.325 e. The predicted octanol–water partition coefficient (Wildman–Crippen LogP) is 1.73. The van der Waals surface area contributed by atoms with Crippen LogP contribution in [-0.4, -0.2) is 44.1 Å². The van der Waals surface area contributed by atoms with Gasteiger partial charge in [0.2, 0.25) is 5.91 Å². The van der Waals surface area contributed by atoms with Crippen molar-refractivity contribution in [2.75, 3.05) is 11.9 Å². The molecule has 3 aromatic rings. The lowest BCUT2D eigenvalue weighted by atomic mass is 9.92. The fraction of sp³-hybridized carbons (Fsp3) is 0.190. The van der Waals surface area contributed by atoms with Crippen molar-refractivity contribution in [1.82, 2.24) is 25.0 Å². The van der Waals surface area contributed by atoms with Gasteiger partial charge in [0.25, 0.3) is 5.91 Å². The summed E-state index contributed by atoms with van der Waals surface area (Å²) in [7, 11) is 0. The highest BCUT2D eigenvalue weighted by molar-refractivity contribution is 6.10. The first-order valence-electron chi connectivity index (χ1n) is 9.36. The Kier molecular flexibility index (Phi) is 5.01. The van der Waals surface area contributed by atoms with Gasteiger partial charge in [-0.1, -0.05) is 42.5 Å². The lowest BCUT2D eigenvalue weighted by Crippen LogP contribution is -2.42. The third-order valence-electron chi connectivity index (χ3n) is 4.95. The van der Waals surface area contributed by atoms with Crippen LogP contribution in [0.2, 0.25) is 0 Å². The summed E-state index contributed by atoms with van der Waals surface area (Å²) in [4.78, 5) is 42.7. The number of aromatic nitrogens is 3. The van der Waals surface area contributed by atoms with E-state index in [0.717, 1.165) is 10.5 Å². The van der Waals surface area contributed by atoms with E-state index >= 15 is 0 Å². The van der Waals surface area contributed by atoms with Crippen LogP contribution in [0.4, 0.5) is 10.5 Å². The van der Waals surface area contributed by atoms with Gasteiger partial charge in [-0.05, 0) is 30.2 Å². The maximum Gasteiger partial charge on any atom is 0.325 e. The van der Waals surface area contributed by atoms with Crippen molar-refractivity contribution in [3.8, 4) is 0 Å². The molecule has 0 spiro atoms. The quantitative estimate of drug-likeness (QED) is 0.608. The first kappa shape index (κ1) is 19.3. The number of rotatable bonds is 6. The van der Waals surface area contributed by atoms with E-state index in [4.69, 9.17) is 0 Å². The number of carbonyl (C=O) groups is 3. The molecule has 152 valence electrons. The molecule has 9 nitrogen and oxygen atoms in total. The average Bonchev–Trinajstić information content (AvgIpc) is 3.32. The van der Waals surface area contributed by atoms with Crippen molar-refractivity contribution in [2.24, 2.45) is 0 Å². The summed E-state index contributed by atoms with van der Waals surface area (Å²) in [5.74, 6) is -0.928. The summed E-state index contributed by atoms with van der Waals surface area (Å²) in [6.07, 6.45) is 3.06. The number of amides is 4. The summed E-state index contributed by atoms with van der Waals surface area (Å²) >= 11 is 0. The van der Waals surface area contributed by atoms with Crippen LogP contribution >= 0.6 is 0 Å². The molecule has 1 saturated heterocycles. The molecular weight excluding hydrogens is 384 g/mol. The molecule has 0 radical (unpaired) electrons. The van der Waals surface area contributed by atoms with E-state index in [0.29, 0.717) is 17.8 Å². The molecule has 1 atom stereocenters. The van der Waals surface area contributed by atoms with Gasteiger partial charge in [0, 0.05) is 5.69 Å². The SMILES string of the molecule is CC1(c2ccccc2)NC(=O)N(CC(=O)Nc2cccc(Cn3cncn3)c2)C1=O. The number of hydrogen-bond donors (Lipinski definition) is 2. The molecule has 2 aromatic carbocycles. The van der Waals surface area contributed by atoms with Crippen LogP contribution in [0.25, 0.3) is 0 Å². The van der Waals surface area contributed by atoms with Gasteiger partial charge in [-0.3, -0.25) is 14.5 Å². The minimum Gasteiger partial charge on any atom is -0.325 e. The normalized spacial score (nSPS) is 18.4. The molecule has 9 heteroatoms. The Bertz CT molecular complexity index is 1080. The monoisotopic (exact) mass is 404 g/mol.